The van der Waals surface area contributed by atoms with Gasteiger partial charge in [-0.1, -0.05) is 0 Å². The third-order valence-corrected chi connectivity index (χ3v) is 2.51. The van der Waals surface area contributed by atoms with Crippen LogP contribution in [-0.2, 0) is 9.59 Å². The van der Waals surface area contributed by atoms with E-state index in [1.165, 1.54) is 0 Å². The first kappa shape index (κ1) is 10.9. The maximum absolute atomic E-state index is 11.5. The molecule has 0 aromatic rings. The minimum atomic E-state index is -1.24. The molecule has 0 saturated heterocycles. The van der Waals surface area contributed by atoms with Crippen LogP contribution in [0.15, 0.2) is 0 Å². The molecule has 1 aliphatic carbocycles. The number of carbonyl (C=O) groups excluding carboxylic acids is 1. The van der Waals surface area contributed by atoms with Gasteiger partial charge in [-0.2, -0.15) is 0 Å². The molecule has 0 heterocycles. The van der Waals surface area contributed by atoms with Gasteiger partial charge in [0.2, 0.25) is 5.91 Å². The largest absolute Gasteiger partial charge is 0.480 e. The van der Waals surface area contributed by atoms with E-state index in [2.05, 4.69) is 5.32 Å². The number of aliphatic hydroxyl groups is 1. The van der Waals surface area contributed by atoms with Crippen LogP contribution < -0.4 is 11.1 Å². The number of carbonyl (C=O) groups is 2. The highest BCUT2D eigenvalue weighted by molar-refractivity contribution is 5.89. The van der Waals surface area contributed by atoms with E-state index in [9.17, 15) is 9.59 Å². The van der Waals surface area contributed by atoms with E-state index < -0.39 is 24.0 Å². The molecular formula is C8H14N2O4. The molecule has 1 aliphatic rings. The minimum absolute atomic E-state index is 0.219. The fourth-order valence-electron chi connectivity index (χ4n) is 1.17. The van der Waals surface area contributed by atoms with Gasteiger partial charge in [-0.05, 0) is 12.8 Å². The van der Waals surface area contributed by atoms with Crippen molar-refractivity contribution in [2.75, 3.05) is 13.2 Å². The summed E-state index contributed by atoms with van der Waals surface area (Å²) in [6.45, 7) is -0.391. The molecule has 0 aromatic carbocycles. The molecule has 1 fully saturated rings. The van der Waals surface area contributed by atoms with Crippen LogP contribution in [0, 0.1) is 5.41 Å². The molecule has 0 aliphatic heterocycles. The summed E-state index contributed by atoms with van der Waals surface area (Å²) in [6.07, 6.45) is 1.38. The van der Waals surface area contributed by atoms with Gasteiger partial charge < -0.3 is 21.3 Å². The summed E-state index contributed by atoms with van der Waals surface area (Å²) in [5.41, 5.74) is 4.81. The molecule has 6 heteroatoms. The zero-order valence-corrected chi connectivity index (χ0v) is 7.69. The predicted molar refractivity (Wildman–Crippen MR) is 47.4 cm³/mol. The number of rotatable bonds is 5. The second-order valence-electron chi connectivity index (χ2n) is 3.53. The summed E-state index contributed by atoms with van der Waals surface area (Å²) in [6, 6.07) is -1.23. The fourth-order valence-corrected chi connectivity index (χ4v) is 1.17. The lowest BCUT2D eigenvalue weighted by Gasteiger charge is -2.16. The van der Waals surface area contributed by atoms with E-state index in [1.807, 2.05) is 0 Å². The van der Waals surface area contributed by atoms with E-state index in [0.29, 0.717) is 12.8 Å². The number of aliphatic carboxylic acids is 1. The zero-order chi connectivity index (χ0) is 10.8. The smallest absolute Gasteiger partial charge is 0.328 e. The maximum Gasteiger partial charge on any atom is 0.328 e. The number of nitrogens with two attached hydrogens (primary N) is 1. The van der Waals surface area contributed by atoms with Gasteiger partial charge in [-0.3, -0.25) is 4.79 Å². The first-order valence-electron chi connectivity index (χ1n) is 4.40. The second-order valence-corrected chi connectivity index (χ2v) is 3.53. The second kappa shape index (κ2) is 3.93. The molecule has 0 radical (unpaired) electrons. The van der Waals surface area contributed by atoms with Crippen LogP contribution in [0.1, 0.15) is 12.8 Å². The Morgan fingerprint density at radius 1 is 1.50 bits per heavy atom. The maximum atomic E-state index is 11.5. The van der Waals surface area contributed by atoms with Crippen molar-refractivity contribution in [1.29, 1.82) is 0 Å². The van der Waals surface area contributed by atoms with Crippen molar-refractivity contribution in [2.24, 2.45) is 11.1 Å². The minimum Gasteiger partial charge on any atom is -0.480 e. The lowest BCUT2D eigenvalue weighted by Crippen LogP contribution is -2.47. The third-order valence-electron chi connectivity index (χ3n) is 2.51. The van der Waals surface area contributed by atoms with Crippen molar-refractivity contribution < 1.29 is 19.8 Å². The van der Waals surface area contributed by atoms with Gasteiger partial charge >= 0.3 is 5.97 Å². The molecule has 1 unspecified atom stereocenters. The van der Waals surface area contributed by atoms with Gasteiger partial charge in [-0.15, -0.1) is 0 Å². The Labute approximate surface area is 81.1 Å². The van der Waals surface area contributed by atoms with Crippen molar-refractivity contribution in [3.8, 4) is 0 Å². The predicted octanol–water partition coefficient (Wildman–Crippen LogP) is -1.71. The van der Waals surface area contributed by atoms with Crippen LogP contribution in [0.5, 0.6) is 0 Å². The van der Waals surface area contributed by atoms with E-state index >= 15 is 0 Å². The van der Waals surface area contributed by atoms with Gasteiger partial charge in [0.25, 0.3) is 0 Å². The van der Waals surface area contributed by atoms with Crippen molar-refractivity contribution in [3.05, 3.63) is 0 Å². The molecular weight excluding hydrogens is 188 g/mol. The average molecular weight is 202 g/mol. The molecule has 0 aromatic heterocycles. The Bertz CT molecular complexity index is 250. The number of amides is 1. The third kappa shape index (κ3) is 2.02. The lowest BCUT2D eigenvalue weighted by molar-refractivity contribution is -0.143. The summed E-state index contributed by atoms with van der Waals surface area (Å²) >= 11 is 0. The van der Waals surface area contributed by atoms with E-state index in [0.717, 1.165) is 0 Å². The monoisotopic (exact) mass is 202 g/mol. The highest BCUT2D eigenvalue weighted by atomic mass is 16.4. The highest BCUT2D eigenvalue weighted by Gasteiger charge is 2.49. The van der Waals surface area contributed by atoms with Crippen LogP contribution in [0.2, 0.25) is 0 Å². The normalized spacial score (nSPS) is 19.9. The average Bonchev–Trinajstić information content (AvgIpc) is 2.93. The lowest BCUT2D eigenvalue weighted by atomic mass is 10.1. The number of aliphatic hydroxyl groups excluding tert-OH is 1. The Morgan fingerprint density at radius 3 is 2.36 bits per heavy atom. The molecule has 1 atom stereocenters. The van der Waals surface area contributed by atoms with Crippen LogP contribution in [0.25, 0.3) is 0 Å². The summed E-state index contributed by atoms with van der Waals surface area (Å²) in [4.78, 5) is 22.0. The molecule has 5 N–H and O–H groups in total. The molecule has 1 saturated carbocycles. The van der Waals surface area contributed by atoms with Gasteiger partial charge in [0.1, 0.15) is 6.04 Å². The summed E-state index contributed by atoms with van der Waals surface area (Å²) in [5, 5.41) is 19.5. The SMILES string of the molecule is NCC1(C(=O)NC(CO)C(=O)O)CC1. The molecule has 0 bridgehead atoms. The van der Waals surface area contributed by atoms with E-state index in [1.54, 1.807) is 0 Å². The van der Waals surface area contributed by atoms with Crippen molar-refractivity contribution in [1.82, 2.24) is 5.32 Å². The zero-order valence-electron chi connectivity index (χ0n) is 7.69. The fraction of sp³-hybridized carbons (Fsp3) is 0.750. The number of nitrogens with one attached hydrogen (secondary N) is 1. The summed E-state index contributed by atoms with van der Waals surface area (Å²) < 4.78 is 0. The van der Waals surface area contributed by atoms with Gasteiger partial charge in [0, 0.05) is 6.54 Å². The Balaban J connectivity index is 2.51. The van der Waals surface area contributed by atoms with Crippen LogP contribution in [-0.4, -0.2) is 41.3 Å². The number of hydrogen-bond acceptors (Lipinski definition) is 4. The highest BCUT2D eigenvalue weighted by Crippen LogP contribution is 2.44. The quantitative estimate of drug-likeness (QED) is 0.424. The van der Waals surface area contributed by atoms with Gasteiger partial charge in [-0.25, -0.2) is 4.79 Å². The number of hydrogen-bond donors (Lipinski definition) is 4. The molecule has 6 nitrogen and oxygen atoms in total. The molecule has 0 spiro atoms. The van der Waals surface area contributed by atoms with Crippen LogP contribution in [0.3, 0.4) is 0 Å². The Hall–Kier alpha value is -1.14. The first-order chi connectivity index (χ1) is 6.55. The first-order valence-corrected chi connectivity index (χ1v) is 4.40. The van der Waals surface area contributed by atoms with Crippen LogP contribution >= 0.6 is 0 Å². The molecule has 1 amide bonds. The summed E-state index contributed by atoms with van der Waals surface area (Å²) in [5.74, 6) is -1.62. The Kier molecular flexibility index (Phi) is 3.07. The topological polar surface area (TPSA) is 113 Å². The van der Waals surface area contributed by atoms with Gasteiger partial charge in [0.05, 0.1) is 12.0 Å². The molecule has 1 rings (SSSR count). The number of carboxylic acids is 1. The van der Waals surface area contributed by atoms with E-state index in [4.69, 9.17) is 15.9 Å². The number of carboxylic acid groups (broad SMARTS) is 1. The van der Waals surface area contributed by atoms with Crippen LogP contribution in [0.4, 0.5) is 0 Å². The standard InChI is InChI=1S/C8H14N2O4/c9-4-8(1-2-8)7(14)10-5(3-11)6(12)13/h5,11H,1-4,9H2,(H,10,14)(H,12,13). The van der Waals surface area contributed by atoms with Gasteiger partial charge in [0.15, 0.2) is 0 Å². The Morgan fingerprint density at radius 2 is 2.07 bits per heavy atom. The molecule has 14 heavy (non-hydrogen) atoms. The summed E-state index contributed by atoms with van der Waals surface area (Å²) in [7, 11) is 0. The van der Waals surface area contributed by atoms with Crippen molar-refractivity contribution in [3.63, 3.8) is 0 Å². The van der Waals surface area contributed by atoms with Crippen molar-refractivity contribution in [2.45, 2.75) is 18.9 Å². The van der Waals surface area contributed by atoms with E-state index in [-0.39, 0.29) is 12.5 Å². The van der Waals surface area contributed by atoms with Crippen molar-refractivity contribution >= 4 is 11.9 Å². The molecule has 80 valence electrons.